The van der Waals surface area contributed by atoms with Gasteiger partial charge >= 0.3 is 0 Å². The summed E-state index contributed by atoms with van der Waals surface area (Å²) in [6.45, 7) is 4.72. The molecule has 1 aliphatic rings. The van der Waals surface area contributed by atoms with Crippen molar-refractivity contribution in [2.75, 3.05) is 13.2 Å². The number of aliphatic hydroxyl groups excluding tert-OH is 1. The Balaban J connectivity index is 2.11. The second-order valence-electron chi connectivity index (χ2n) is 5.65. The molecule has 2 atom stereocenters. The smallest absolute Gasteiger partial charge is 0.170 e. The summed E-state index contributed by atoms with van der Waals surface area (Å²) in [4.78, 5) is 9.98. The Labute approximate surface area is 154 Å². The summed E-state index contributed by atoms with van der Waals surface area (Å²) in [6, 6.07) is 5.89. The zero-order valence-corrected chi connectivity index (χ0v) is 16.0. The average molecular weight is 442 g/mol. The van der Waals surface area contributed by atoms with Crippen LogP contribution < -0.4 is 5.32 Å². The minimum Gasteiger partial charge on any atom is -0.395 e. The highest BCUT2D eigenvalue weighted by Gasteiger charge is 2.41. The van der Waals surface area contributed by atoms with Crippen LogP contribution in [0.2, 0.25) is 0 Å². The molecule has 7 heteroatoms. The first kappa shape index (κ1) is 16.7. The molecule has 1 aliphatic heterocycles. The van der Waals surface area contributed by atoms with Gasteiger partial charge < -0.3 is 20.3 Å². The van der Waals surface area contributed by atoms with E-state index in [1.807, 2.05) is 18.2 Å². The third kappa shape index (κ3) is 2.97. The van der Waals surface area contributed by atoms with Gasteiger partial charge in [0.05, 0.1) is 24.4 Å². The van der Waals surface area contributed by atoms with Gasteiger partial charge in [-0.05, 0) is 60.8 Å². The van der Waals surface area contributed by atoms with E-state index in [9.17, 15) is 5.11 Å². The number of aliphatic hydroxyl groups is 1. The molecule has 2 aromatic heterocycles. The number of aromatic nitrogens is 2. The second kappa shape index (κ2) is 6.74. The highest BCUT2D eigenvalue weighted by Crippen LogP contribution is 2.42. The van der Waals surface area contributed by atoms with Gasteiger partial charge in [-0.2, -0.15) is 0 Å². The van der Waals surface area contributed by atoms with Crippen LogP contribution in [-0.4, -0.2) is 38.2 Å². The van der Waals surface area contributed by atoms with E-state index in [0.717, 1.165) is 17.1 Å². The molecule has 1 saturated heterocycles. The lowest BCUT2D eigenvalue weighted by molar-refractivity contribution is 0.222. The Morgan fingerprint density at radius 3 is 2.70 bits per heavy atom. The SMILES string of the molecule is Cc1[nH]c(C)c([C@H]2[C@@H](c3ccccn3)NC(=S)N2CCO)c1I. The minimum atomic E-state index is -0.0299. The molecule has 0 aromatic carbocycles. The number of aromatic amines is 1. The van der Waals surface area contributed by atoms with Crippen molar-refractivity contribution in [1.29, 1.82) is 0 Å². The fourth-order valence-corrected chi connectivity index (χ4v) is 4.38. The molecule has 122 valence electrons. The number of nitrogens with zero attached hydrogens (tertiary/aromatic N) is 2. The van der Waals surface area contributed by atoms with Gasteiger partial charge in [-0.1, -0.05) is 6.07 Å². The Morgan fingerprint density at radius 2 is 2.13 bits per heavy atom. The zero-order chi connectivity index (χ0) is 16.6. The van der Waals surface area contributed by atoms with Gasteiger partial charge in [0, 0.05) is 33.3 Å². The Bertz CT molecular complexity index is 718. The first-order chi connectivity index (χ1) is 11.0. The van der Waals surface area contributed by atoms with Crippen molar-refractivity contribution in [2.24, 2.45) is 0 Å². The summed E-state index contributed by atoms with van der Waals surface area (Å²) in [5, 5.41) is 13.5. The maximum absolute atomic E-state index is 9.46. The number of pyridine rings is 1. The van der Waals surface area contributed by atoms with E-state index < -0.39 is 0 Å². The third-order valence-corrected chi connectivity index (χ3v) is 5.92. The molecular formula is C16H19IN4OS. The number of nitrogens with one attached hydrogen (secondary N) is 2. The average Bonchev–Trinajstić information content (AvgIpc) is 2.98. The quantitative estimate of drug-likeness (QED) is 0.502. The standard InChI is InChI=1S/C16H19IN4OS/c1-9-12(13(17)10(2)19-9)15-14(11-5-3-4-6-18-11)20-16(23)21(15)7-8-22/h3-6,14-15,19,22H,7-8H2,1-2H3,(H,20,23)/t14-,15+/m1/s1. The number of thiocarbonyl (C=S) groups is 1. The van der Waals surface area contributed by atoms with E-state index in [4.69, 9.17) is 12.2 Å². The summed E-state index contributed by atoms with van der Waals surface area (Å²) in [5.41, 5.74) is 4.46. The number of hydrogen-bond acceptors (Lipinski definition) is 3. The lowest BCUT2D eigenvalue weighted by Crippen LogP contribution is -2.32. The molecule has 3 N–H and O–H groups in total. The Hall–Kier alpha value is -1.19. The molecule has 0 bridgehead atoms. The van der Waals surface area contributed by atoms with Gasteiger partial charge in [0.2, 0.25) is 0 Å². The summed E-state index contributed by atoms with van der Waals surface area (Å²) < 4.78 is 1.21. The topological polar surface area (TPSA) is 64.2 Å². The Kier molecular flexibility index (Phi) is 4.88. The van der Waals surface area contributed by atoms with Gasteiger partial charge in [-0.3, -0.25) is 4.98 Å². The first-order valence-corrected chi connectivity index (χ1v) is 8.96. The van der Waals surface area contributed by atoms with E-state index in [2.05, 4.69) is 56.6 Å². The van der Waals surface area contributed by atoms with Gasteiger partial charge in [0.25, 0.3) is 0 Å². The Morgan fingerprint density at radius 1 is 1.35 bits per heavy atom. The highest BCUT2D eigenvalue weighted by atomic mass is 127. The van der Waals surface area contributed by atoms with Crippen LogP contribution in [0.4, 0.5) is 0 Å². The van der Waals surface area contributed by atoms with Crippen LogP contribution >= 0.6 is 34.8 Å². The van der Waals surface area contributed by atoms with E-state index in [1.54, 1.807) is 6.20 Å². The zero-order valence-electron chi connectivity index (χ0n) is 13.0. The van der Waals surface area contributed by atoms with Gasteiger partial charge in [0.1, 0.15) is 0 Å². The van der Waals surface area contributed by atoms with E-state index in [0.29, 0.717) is 11.7 Å². The minimum absolute atomic E-state index is 0.0152. The highest BCUT2D eigenvalue weighted by molar-refractivity contribution is 14.1. The molecule has 0 unspecified atom stereocenters. The number of hydrogen-bond donors (Lipinski definition) is 3. The molecule has 0 aliphatic carbocycles. The third-order valence-electron chi connectivity index (χ3n) is 4.18. The predicted molar refractivity (Wildman–Crippen MR) is 102 cm³/mol. The van der Waals surface area contributed by atoms with Crippen molar-refractivity contribution < 1.29 is 5.11 Å². The molecule has 2 aromatic rings. The molecule has 1 fully saturated rings. The largest absolute Gasteiger partial charge is 0.395 e. The van der Waals surface area contributed by atoms with Gasteiger partial charge in [-0.25, -0.2) is 0 Å². The van der Waals surface area contributed by atoms with Gasteiger partial charge in [-0.15, -0.1) is 0 Å². The van der Waals surface area contributed by atoms with Crippen LogP contribution in [0.5, 0.6) is 0 Å². The molecule has 23 heavy (non-hydrogen) atoms. The van der Waals surface area contributed by atoms with Gasteiger partial charge in [0.15, 0.2) is 5.11 Å². The second-order valence-corrected chi connectivity index (χ2v) is 7.11. The number of β-amino-alcohol motifs (C(OH)–C–C–N with tert-alkyl or cyclic N) is 1. The molecule has 0 amide bonds. The van der Waals surface area contributed by atoms with Crippen LogP contribution in [0.15, 0.2) is 24.4 Å². The summed E-state index contributed by atoms with van der Waals surface area (Å²) >= 11 is 7.90. The van der Waals surface area contributed by atoms with Crippen LogP contribution in [-0.2, 0) is 0 Å². The fraction of sp³-hybridized carbons (Fsp3) is 0.375. The fourth-order valence-electron chi connectivity index (χ4n) is 3.19. The lowest BCUT2D eigenvalue weighted by Gasteiger charge is -2.27. The van der Waals surface area contributed by atoms with E-state index >= 15 is 0 Å². The van der Waals surface area contributed by atoms with Crippen molar-refractivity contribution in [3.63, 3.8) is 0 Å². The molecule has 0 saturated carbocycles. The monoisotopic (exact) mass is 442 g/mol. The predicted octanol–water partition coefficient (Wildman–Crippen LogP) is 2.60. The number of rotatable bonds is 4. The summed E-state index contributed by atoms with van der Waals surface area (Å²) in [7, 11) is 0. The van der Waals surface area contributed by atoms with Crippen molar-refractivity contribution in [2.45, 2.75) is 25.9 Å². The summed E-state index contributed by atoms with van der Waals surface area (Å²) in [6.07, 6.45) is 1.80. The lowest BCUT2D eigenvalue weighted by atomic mass is 9.97. The maximum Gasteiger partial charge on any atom is 0.170 e. The molecule has 0 radical (unpaired) electrons. The first-order valence-electron chi connectivity index (χ1n) is 7.48. The van der Waals surface area contributed by atoms with Crippen molar-refractivity contribution in [1.82, 2.24) is 20.2 Å². The van der Waals surface area contributed by atoms with Crippen LogP contribution in [0, 0.1) is 17.4 Å². The van der Waals surface area contributed by atoms with Crippen LogP contribution in [0.3, 0.4) is 0 Å². The molecule has 0 spiro atoms. The molecule has 5 nitrogen and oxygen atoms in total. The van der Waals surface area contributed by atoms with E-state index in [-0.39, 0.29) is 18.7 Å². The van der Waals surface area contributed by atoms with Crippen LogP contribution in [0.25, 0.3) is 0 Å². The number of H-pyrrole nitrogens is 1. The van der Waals surface area contributed by atoms with Crippen molar-refractivity contribution in [3.8, 4) is 0 Å². The van der Waals surface area contributed by atoms with Crippen molar-refractivity contribution >= 4 is 39.9 Å². The summed E-state index contributed by atoms with van der Waals surface area (Å²) in [5.74, 6) is 0. The maximum atomic E-state index is 9.46. The molecular weight excluding hydrogens is 423 g/mol. The van der Waals surface area contributed by atoms with Crippen molar-refractivity contribution in [3.05, 3.63) is 50.6 Å². The molecule has 3 rings (SSSR count). The number of aryl methyl sites for hydroxylation is 2. The van der Waals surface area contributed by atoms with Crippen LogP contribution in [0.1, 0.15) is 34.7 Å². The number of halogens is 1. The molecule has 3 heterocycles. The van der Waals surface area contributed by atoms with E-state index in [1.165, 1.54) is 9.13 Å². The normalized spacial score (nSPS) is 20.9.